The lowest BCUT2D eigenvalue weighted by Gasteiger charge is -2.23. The van der Waals surface area contributed by atoms with Gasteiger partial charge in [0.2, 0.25) is 0 Å². The minimum Gasteiger partial charge on any atom is -0.311 e. The van der Waals surface area contributed by atoms with E-state index in [0.29, 0.717) is 11.5 Å². The van der Waals surface area contributed by atoms with Crippen LogP contribution in [0.1, 0.15) is 70.0 Å². The van der Waals surface area contributed by atoms with Crippen LogP contribution in [0.2, 0.25) is 0 Å². The molecular formula is C16H27N3. The normalized spacial score (nSPS) is 23.2. The zero-order valence-corrected chi connectivity index (χ0v) is 12.2. The lowest BCUT2D eigenvalue weighted by Crippen LogP contribution is -2.29. The van der Waals surface area contributed by atoms with Crippen LogP contribution in [-0.4, -0.2) is 16.3 Å². The summed E-state index contributed by atoms with van der Waals surface area (Å²) in [6.07, 6.45) is 13.1. The van der Waals surface area contributed by atoms with E-state index in [1.54, 1.807) is 0 Å². The number of nitrogens with zero attached hydrogens (tertiary/aromatic N) is 2. The van der Waals surface area contributed by atoms with E-state index in [1.807, 2.05) is 0 Å². The number of hydrogen-bond acceptors (Lipinski definition) is 2. The monoisotopic (exact) mass is 261 g/mol. The van der Waals surface area contributed by atoms with Gasteiger partial charge < -0.3 is 5.32 Å². The third kappa shape index (κ3) is 3.19. The van der Waals surface area contributed by atoms with Crippen molar-refractivity contribution in [1.29, 1.82) is 0 Å². The molecule has 2 aliphatic carbocycles. The van der Waals surface area contributed by atoms with Crippen molar-refractivity contribution >= 4 is 0 Å². The van der Waals surface area contributed by atoms with Crippen molar-refractivity contribution < 1.29 is 0 Å². The highest BCUT2D eigenvalue weighted by atomic mass is 15.3. The maximum Gasteiger partial charge on any atom is 0.0762 e. The highest BCUT2D eigenvalue weighted by Crippen LogP contribution is 2.36. The SMILES string of the molecule is CC1(CNCc2ccn(C3CCCC3)n2)CCCC1. The van der Waals surface area contributed by atoms with Gasteiger partial charge in [0.05, 0.1) is 11.7 Å². The first kappa shape index (κ1) is 13.2. The molecule has 0 unspecified atom stereocenters. The molecule has 3 rings (SSSR count). The van der Waals surface area contributed by atoms with Crippen LogP contribution in [0.5, 0.6) is 0 Å². The van der Waals surface area contributed by atoms with Crippen LogP contribution < -0.4 is 5.32 Å². The summed E-state index contributed by atoms with van der Waals surface area (Å²) in [6, 6.07) is 2.85. The van der Waals surface area contributed by atoms with E-state index in [-0.39, 0.29) is 0 Å². The lowest BCUT2D eigenvalue weighted by atomic mass is 9.89. The standard InChI is InChI=1S/C16H27N3/c1-16(9-4-5-10-16)13-17-12-14-8-11-19(18-14)15-6-2-3-7-15/h8,11,15,17H,2-7,9-10,12-13H2,1H3. The zero-order valence-electron chi connectivity index (χ0n) is 12.2. The average molecular weight is 261 g/mol. The maximum atomic E-state index is 4.73. The Morgan fingerprint density at radius 1 is 1.26 bits per heavy atom. The molecule has 0 amide bonds. The third-order valence-corrected chi connectivity index (χ3v) is 5.03. The average Bonchev–Trinajstić information content (AvgIpc) is 3.08. The van der Waals surface area contributed by atoms with E-state index in [1.165, 1.54) is 57.1 Å². The Morgan fingerprint density at radius 3 is 2.74 bits per heavy atom. The van der Waals surface area contributed by atoms with E-state index in [9.17, 15) is 0 Å². The summed E-state index contributed by atoms with van der Waals surface area (Å²) in [5, 5.41) is 8.35. The molecule has 2 aliphatic rings. The third-order valence-electron chi connectivity index (χ3n) is 5.03. The highest BCUT2D eigenvalue weighted by Gasteiger charge is 2.27. The molecule has 0 spiro atoms. The van der Waals surface area contributed by atoms with Crippen LogP contribution in [0.25, 0.3) is 0 Å². The van der Waals surface area contributed by atoms with Crippen molar-refractivity contribution in [3.63, 3.8) is 0 Å². The summed E-state index contributed by atoms with van der Waals surface area (Å²) >= 11 is 0. The fourth-order valence-corrected chi connectivity index (χ4v) is 3.74. The van der Waals surface area contributed by atoms with Crippen molar-refractivity contribution in [2.45, 2.75) is 70.9 Å². The molecule has 0 aliphatic heterocycles. The van der Waals surface area contributed by atoms with E-state index in [2.05, 4.69) is 29.2 Å². The topological polar surface area (TPSA) is 29.9 Å². The molecule has 106 valence electrons. The Balaban J connectivity index is 1.47. The fraction of sp³-hybridized carbons (Fsp3) is 0.812. The molecule has 1 aromatic rings. The first-order valence-corrected chi connectivity index (χ1v) is 8.00. The minimum atomic E-state index is 0.536. The summed E-state index contributed by atoms with van der Waals surface area (Å²) in [4.78, 5) is 0. The summed E-state index contributed by atoms with van der Waals surface area (Å²) < 4.78 is 2.20. The van der Waals surface area contributed by atoms with Gasteiger partial charge in [-0.1, -0.05) is 32.6 Å². The van der Waals surface area contributed by atoms with Crippen LogP contribution in [0.15, 0.2) is 12.3 Å². The molecular weight excluding hydrogens is 234 g/mol. The second-order valence-corrected chi connectivity index (χ2v) is 6.85. The Hall–Kier alpha value is -0.830. The molecule has 2 fully saturated rings. The molecule has 0 aromatic carbocycles. The van der Waals surface area contributed by atoms with Crippen molar-refractivity contribution in [3.8, 4) is 0 Å². The second kappa shape index (κ2) is 5.66. The smallest absolute Gasteiger partial charge is 0.0762 e. The Morgan fingerprint density at radius 2 is 2.00 bits per heavy atom. The van der Waals surface area contributed by atoms with Crippen LogP contribution in [0.4, 0.5) is 0 Å². The van der Waals surface area contributed by atoms with Crippen LogP contribution >= 0.6 is 0 Å². The van der Waals surface area contributed by atoms with Crippen molar-refractivity contribution in [2.75, 3.05) is 6.54 Å². The van der Waals surface area contributed by atoms with Gasteiger partial charge in [-0.05, 0) is 37.2 Å². The van der Waals surface area contributed by atoms with Crippen molar-refractivity contribution in [2.24, 2.45) is 5.41 Å². The number of hydrogen-bond donors (Lipinski definition) is 1. The number of nitrogens with one attached hydrogen (secondary N) is 1. The molecule has 0 saturated heterocycles. The van der Waals surface area contributed by atoms with Crippen molar-refractivity contribution in [1.82, 2.24) is 15.1 Å². The Kier molecular flexibility index (Phi) is 3.92. The number of rotatable bonds is 5. The second-order valence-electron chi connectivity index (χ2n) is 6.85. The number of aromatic nitrogens is 2. The molecule has 2 saturated carbocycles. The van der Waals surface area contributed by atoms with E-state index >= 15 is 0 Å². The Labute approximate surface area is 116 Å². The molecule has 0 atom stereocenters. The molecule has 0 bridgehead atoms. The predicted octanol–water partition coefficient (Wildman–Crippen LogP) is 3.67. The van der Waals surface area contributed by atoms with Gasteiger partial charge in [-0.25, -0.2) is 0 Å². The molecule has 1 N–H and O–H groups in total. The molecule has 1 aromatic heterocycles. The summed E-state index contributed by atoms with van der Waals surface area (Å²) in [6.45, 7) is 4.49. The van der Waals surface area contributed by atoms with Crippen molar-refractivity contribution in [3.05, 3.63) is 18.0 Å². The van der Waals surface area contributed by atoms with Crippen LogP contribution in [0, 0.1) is 5.41 Å². The van der Waals surface area contributed by atoms with Gasteiger partial charge in [0.1, 0.15) is 0 Å². The van der Waals surface area contributed by atoms with Gasteiger partial charge in [-0.15, -0.1) is 0 Å². The van der Waals surface area contributed by atoms with Gasteiger partial charge in [0, 0.05) is 19.3 Å². The van der Waals surface area contributed by atoms with Gasteiger partial charge in [-0.3, -0.25) is 4.68 Å². The predicted molar refractivity (Wildman–Crippen MR) is 78.0 cm³/mol. The Bertz CT molecular complexity index is 398. The van der Waals surface area contributed by atoms with Crippen LogP contribution in [-0.2, 0) is 6.54 Å². The first-order valence-electron chi connectivity index (χ1n) is 8.00. The summed E-state index contributed by atoms with van der Waals surface area (Å²) in [7, 11) is 0. The zero-order chi connectivity index (χ0) is 13.1. The molecule has 19 heavy (non-hydrogen) atoms. The van der Waals surface area contributed by atoms with Crippen LogP contribution in [0.3, 0.4) is 0 Å². The van der Waals surface area contributed by atoms with E-state index < -0.39 is 0 Å². The highest BCUT2D eigenvalue weighted by molar-refractivity contribution is 5.00. The maximum absolute atomic E-state index is 4.73. The lowest BCUT2D eigenvalue weighted by molar-refractivity contribution is 0.313. The minimum absolute atomic E-state index is 0.536. The molecule has 0 radical (unpaired) electrons. The molecule has 1 heterocycles. The first-order chi connectivity index (χ1) is 9.25. The quantitative estimate of drug-likeness (QED) is 0.876. The van der Waals surface area contributed by atoms with E-state index in [0.717, 1.165) is 13.1 Å². The van der Waals surface area contributed by atoms with E-state index in [4.69, 9.17) is 5.10 Å². The molecule has 3 nitrogen and oxygen atoms in total. The van der Waals surface area contributed by atoms with Gasteiger partial charge in [0.25, 0.3) is 0 Å². The molecule has 3 heteroatoms. The summed E-state index contributed by atoms with van der Waals surface area (Å²) in [5.74, 6) is 0. The largest absolute Gasteiger partial charge is 0.311 e. The fourth-order valence-electron chi connectivity index (χ4n) is 3.74. The van der Waals surface area contributed by atoms with Gasteiger partial charge in [0.15, 0.2) is 0 Å². The van der Waals surface area contributed by atoms with Gasteiger partial charge in [-0.2, -0.15) is 5.10 Å². The summed E-state index contributed by atoms with van der Waals surface area (Å²) in [5.41, 5.74) is 1.74. The van der Waals surface area contributed by atoms with Gasteiger partial charge >= 0.3 is 0 Å².